The van der Waals surface area contributed by atoms with Crippen LogP contribution in [0, 0.1) is 0 Å². The first kappa shape index (κ1) is 19.6. The Kier molecular flexibility index (Phi) is 6.46. The molecule has 5 nitrogen and oxygen atoms in total. The van der Waals surface area contributed by atoms with E-state index in [4.69, 9.17) is 21.3 Å². The summed E-state index contributed by atoms with van der Waals surface area (Å²) in [6.07, 6.45) is -3.43. The highest BCUT2D eigenvalue weighted by Crippen LogP contribution is 2.29. The third-order valence-electron chi connectivity index (χ3n) is 3.22. The van der Waals surface area contributed by atoms with Gasteiger partial charge in [-0.2, -0.15) is 13.2 Å². The number of aromatic nitrogens is 1. The Morgan fingerprint density at radius 2 is 1.92 bits per heavy atom. The molecule has 0 amide bonds. The molecule has 1 aromatic heterocycles. The van der Waals surface area contributed by atoms with Crippen molar-refractivity contribution in [1.82, 2.24) is 4.98 Å². The highest BCUT2D eigenvalue weighted by atomic mass is 35.5. The normalized spacial score (nSPS) is 11.8. The van der Waals surface area contributed by atoms with Crippen molar-refractivity contribution in [3.8, 4) is 5.88 Å². The molecule has 0 bridgehead atoms. The van der Waals surface area contributed by atoms with Crippen LogP contribution in [0.5, 0.6) is 5.88 Å². The highest BCUT2D eigenvalue weighted by molar-refractivity contribution is 6.25. The van der Waals surface area contributed by atoms with Crippen LogP contribution in [0.2, 0.25) is 0 Å². The van der Waals surface area contributed by atoms with E-state index in [1.807, 2.05) is 0 Å². The smallest absolute Gasteiger partial charge is 0.433 e. The first-order valence-electron chi connectivity index (χ1n) is 7.18. The molecule has 2 aromatic rings. The fourth-order valence-electron chi connectivity index (χ4n) is 2.09. The number of alkyl halides is 3. The van der Waals surface area contributed by atoms with Crippen LogP contribution in [0.15, 0.2) is 48.7 Å². The summed E-state index contributed by atoms with van der Waals surface area (Å²) in [7, 11) is 1.34. The van der Waals surface area contributed by atoms with Crippen molar-refractivity contribution >= 4 is 23.4 Å². The Hall–Kier alpha value is -2.74. The van der Waals surface area contributed by atoms with E-state index < -0.39 is 17.8 Å². The zero-order valence-corrected chi connectivity index (χ0v) is 14.2. The number of carbonyl (C=O) groups excluding carboxylic acids is 1. The van der Waals surface area contributed by atoms with Gasteiger partial charge in [-0.3, -0.25) is 0 Å². The number of pyridine rings is 1. The number of benzene rings is 1. The van der Waals surface area contributed by atoms with E-state index in [1.54, 1.807) is 24.3 Å². The fraction of sp³-hybridized carbons (Fsp3) is 0.176. The number of carbonyl (C=O) groups is 1. The molecule has 138 valence electrons. The Morgan fingerprint density at radius 1 is 1.19 bits per heavy atom. The third-order valence-corrected chi connectivity index (χ3v) is 3.36. The molecule has 0 radical (unpaired) electrons. The van der Waals surface area contributed by atoms with Gasteiger partial charge in [0, 0.05) is 6.07 Å². The van der Waals surface area contributed by atoms with Crippen molar-refractivity contribution in [2.45, 2.75) is 12.8 Å². The van der Waals surface area contributed by atoms with Crippen LogP contribution in [0.3, 0.4) is 0 Å². The zero-order valence-electron chi connectivity index (χ0n) is 13.4. The lowest BCUT2D eigenvalue weighted by atomic mass is 10.0. The molecule has 1 aromatic carbocycles. The summed E-state index contributed by atoms with van der Waals surface area (Å²) in [5, 5.41) is 0. The average molecular weight is 388 g/mol. The third kappa shape index (κ3) is 4.89. The van der Waals surface area contributed by atoms with Crippen molar-refractivity contribution < 1.29 is 31.7 Å². The molecule has 0 aliphatic heterocycles. The predicted molar refractivity (Wildman–Crippen MR) is 86.9 cm³/mol. The van der Waals surface area contributed by atoms with Crippen molar-refractivity contribution in [2.75, 3.05) is 7.11 Å². The largest absolute Gasteiger partial charge is 0.503 e. The molecule has 0 fully saturated rings. The number of halogens is 4. The summed E-state index contributed by atoms with van der Waals surface area (Å²) in [6.45, 7) is -0.138. The molecule has 26 heavy (non-hydrogen) atoms. The van der Waals surface area contributed by atoms with Crippen LogP contribution < -0.4 is 4.74 Å². The minimum atomic E-state index is -4.57. The number of hydrogen-bond donors (Lipinski definition) is 0. The molecule has 2 rings (SSSR count). The summed E-state index contributed by atoms with van der Waals surface area (Å²) in [6, 6.07) is 9.90. The van der Waals surface area contributed by atoms with Crippen LogP contribution in [0.1, 0.15) is 16.8 Å². The summed E-state index contributed by atoms with van der Waals surface area (Å²) in [5.74, 6) is -1.05. The molecule has 0 unspecified atom stereocenters. The van der Waals surface area contributed by atoms with Crippen LogP contribution in [-0.2, 0) is 26.6 Å². The van der Waals surface area contributed by atoms with E-state index in [0.29, 0.717) is 11.1 Å². The molecule has 0 spiro atoms. The minimum Gasteiger partial charge on any atom is -0.503 e. The van der Waals surface area contributed by atoms with E-state index >= 15 is 0 Å². The Balaban J connectivity index is 2.26. The second-order valence-corrected chi connectivity index (χ2v) is 5.09. The van der Waals surface area contributed by atoms with E-state index in [0.717, 1.165) is 12.3 Å². The number of nitrogens with zero attached hydrogens (tertiary/aromatic N) is 1. The van der Waals surface area contributed by atoms with E-state index in [1.165, 1.54) is 19.2 Å². The quantitative estimate of drug-likeness (QED) is 0.544. The van der Waals surface area contributed by atoms with Crippen LogP contribution in [-0.4, -0.2) is 18.1 Å². The van der Waals surface area contributed by atoms with Crippen LogP contribution in [0.25, 0.3) is 5.57 Å². The first-order chi connectivity index (χ1) is 12.4. The van der Waals surface area contributed by atoms with Gasteiger partial charge in [0.15, 0.2) is 0 Å². The maximum absolute atomic E-state index is 12.7. The standard InChI is InChI=1S/C17H13ClF3NO4/c1-24-10-13(16(23)26-18)12-6-3-2-5-11(12)9-25-15-8-4-7-14(22-15)17(19,20)21/h2-8,10H,9H2,1H3/b13-10+. The predicted octanol–water partition coefficient (Wildman–Crippen LogP) is 4.36. The second kappa shape index (κ2) is 8.57. The van der Waals surface area contributed by atoms with Gasteiger partial charge in [0.1, 0.15) is 29.7 Å². The summed E-state index contributed by atoms with van der Waals surface area (Å²) in [5.41, 5.74) is -0.142. The number of hydrogen-bond acceptors (Lipinski definition) is 5. The first-order valence-corrected chi connectivity index (χ1v) is 7.49. The van der Waals surface area contributed by atoms with Crippen molar-refractivity contribution in [2.24, 2.45) is 0 Å². The molecular formula is C17H13ClF3NO4. The average Bonchev–Trinajstić information content (AvgIpc) is 2.64. The molecular weight excluding hydrogens is 375 g/mol. The zero-order chi connectivity index (χ0) is 19.2. The van der Waals surface area contributed by atoms with E-state index in [-0.39, 0.29) is 18.1 Å². The van der Waals surface area contributed by atoms with E-state index in [9.17, 15) is 18.0 Å². The lowest BCUT2D eigenvalue weighted by Crippen LogP contribution is -2.10. The molecule has 0 atom stereocenters. The van der Waals surface area contributed by atoms with Crippen molar-refractivity contribution in [3.05, 3.63) is 65.5 Å². The Labute approximate surface area is 152 Å². The Morgan fingerprint density at radius 3 is 2.58 bits per heavy atom. The maximum atomic E-state index is 12.7. The molecule has 0 saturated heterocycles. The van der Waals surface area contributed by atoms with Crippen LogP contribution >= 0.6 is 11.9 Å². The summed E-state index contributed by atoms with van der Waals surface area (Å²) >= 11 is 5.12. The second-order valence-electron chi connectivity index (χ2n) is 4.94. The van der Waals surface area contributed by atoms with Gasteiger partial charge in [-0.15, -0.1) is 0 Å². The lowest BCUT2D eigenvalue weighted by Gasteiger charge is -2.12. The Bertz CT molecular complexity index is 809. The molecule has 1 heterocycles. The SMILES string of the molecule is CO/C=C(/C(=O)OCl)c1ccccc1COc1cccc(C(F)(F)F)n1. The van der Waals surface area contributed by atoms with Gasteiger partial charge >= 0.3 is 12.1 Å². The van der Waals surface area contributed by atoms with Crippen LogP contribution in [0.4, 0.5) is 13.2 Å². The van der Waals surface area contributed by atoms with Gasteiger partial charge < -0.3 is 13.8 Å². The van der Waals surface area contributed by atoms with Gasteiger partial charge in [0.05, 0.1) is 13.4 Å². The summed E-state index contributed by atoms with van der Waals surface area (Å²) in [4.78, 5) is 15.2. The fourth-order valence-corrected chi connectivity index (χ4v) is 2.18. The van der Waals surface area contributed by atoms with Crippen molar-refractivity contribution in [3.63, 3.8) is 0 Å². The van der Waals surface area contributed by atoms with Gasteiger partial charge in [-0.05, 0) is 17.2 Å². The molecule has 0 aliphatic rings. The number of rotatable bonds is 6. The topological polar surface area (TPSA) is 57.7 Å². The maximum Gasteiger partial charge on any atom is 0.433 e. The van der Waals surface area contributed by atoms with Gasteiger partial charge in [0.2, 0.25) is 5.88 Å². The minimum absolute atomic E-state index is 0.0266. The number of ether oxygens (including phenoxy) is 2. The van der Waals surface area contributed by atoms with Gasteiger partial charge in [0.25, 0.3) is 0 Å². The van der Waals surface area contributed by atoms with Crippen molar-refractivity contribution in [1.29, 1.82) is 0 Å². The van der Waals surface area contributed by atoms with Gasteiger partial charge in [-0.25, -0.2) is 9.78 Å². The van der Waals surface area contributed by atoms with Gasteiger partial charge in [-0.1, -0.05) is 30.3 Å². The monoisotopic (exact) mass is 387 g/mol. The van der Waals surface area contributed by atoms with E-state index in [2.05, 4.69) is 9.27 Å². The lowest BCUT2D eigenvalue weighted by molar-refractivity contribution is -0.141. The highest BCUT2D eigenvalue weighted by Gasteiger charge is 2.32. The number of methoxy groups -OCH3 is 1. The molecule has 0 aliphatic carbocycles. The summed E-state index contributed by atoms with van der Waals surface area (Å²) < 4.78 is 52.5. The molecule has 9 heteroatoms. The molecule has 0 N–H and O–H groups in total. The molecule has 0 saturated carbocycles.